The highest BCUT2D eigenvalue weighted by molar-refractivity contribution is 6.12. The van der Waals surface area contributed by atoms with Gasteiger partial charge in [-0.1, -0.05) is 183 Å². The predicted molar refractivity (Wildman–Crippen MR) is 327 cm³/mol. The van der Waals surface area contributed by atoms with Gasteiger partial charge in [-0.05, 0) is 161 Å². The first-order chi connectivity index (χ1) is 38.1. The zero-order valence-corrected chi connectivity index (χ0v) is 42.8. The summed E-state index contributed by atoms with van der Waals surface area (Å²) in [5, 5.41) is 4.90. The van der Waals surface area contributed by atoms with Gasteiger partial charge in [-0.25, -0.2) is 0 Å². The lowest BCUT2D eigenvalue weighted by atomic mass is 10.0. The third-order valence-corrected chi connectivity index (χ3v) is 15.4. The van der Waals surface area contributed by atoms with Gasteiger partial charge in [0.1, 0.15) is 0 Å². The summed E-state index contributed by atoms with van der Waals surface area (Å²) >= 11 is 0. The van der Waals surface area contributed by atoms with E-state index >= 15 is 0 Å². The molecule has 1 atom stereocenters. The van der Waals surface area contributed by atoms with Gasteiger partial charge in [0, 0.05) is 67.1 Å². The van der Waals surface area contributed by atoms with E-state index in [0.29, 0.717) is 5.92 Å². The second-order valence-electron chi connectivity index (χ2n) is 20.2. The lowest BCUT2D eigenvalue weighted by Gasteiger charge is -2.27. The number of anilines is 6. The predicted octanol–water partition coefficient (Wildman–Crippen LogP) is 20.3. The number of rotatable bonds is 11. The number of fused-ring (bicyclic) bond motifs is 6. The minimum Gasteiger partial charge on any atom is -0.310 e. The topological polar surface area (TPSA) is 16.3 Å². The van der Waals surface area contributed by atoms with Gasteiger partial charge in [-0.15, -0.1) is 0 Å². The summed E-state index contributed by atoms with van der Waals surface area (Å²) < 4.78 is 4.81. The Morgan fingerprint density at radius 3 is 1.21 bits per heavy atom. The zero-order chi connectivity index (χ0) is 51.2. The van der Waals surface area contributed by atoms with E-state index < -0.39 is 0 Å². The van der Waals surface area contributed by atoms with E-state index in [-0.39, 0.29) is 0 Å². The summed E-state index contributed by atoms with van der Waals surface area (Å²) in [6.45, 7) is 2.30. The summed E-state index contributed by atoms with van der Waals surface area (Å²) in [6, 6.07) is 99.4. The van der Waals surface area contributed by atoms with Crippen LogP contribution in [0.2, 0.25) is 0 Å². The first-order valence-corrected chi connectivity index (χ1v) is 26.7. The molecular weight excluding hydrogens is 933 g/mol. The molecule has 11 aromatic carbocycles. The van der Waals surface area contributed by atoms with Gasteiger partial charge < -0.3 is 18.9 Å². The average Bonchev–Trinajstić information content (AvgIpc) is 4.05. The van der Waals surface area contributed by atoms with Crippen molar-refractivity contribution >= 4 is 83.4 Å². The number of allylic oxidation sites excluding steroid dienone is 4. The van der Waals surface area contributed by atoms with Crippen LogP contribution in [0.1, 0.15) is 13.3 Å². The van der Waals surface area contributed by atoms with Crippen LogP contribution >= 0.6 is 0 Å². The molecule has 366 valence electrons. The first-order valence-electron chi connectivity index (χ1n) is 26.7. The fourth-order valence-electron chi connectivity index (χ4n) is 11.7. The lowest BCUT2D eigenvalue weighted by molar-refractivity contribution is 0.735. The maximum Gasteiger partial charge on any atom is 0.0542 e. The molecular formula is C73H54N4. The quantitative estimate of drug-likeness (QED) is 0.128. The van der Waals surface area contributed by atoms with Gasteiger partial charge in [-0.2, -0.15) is 0 Å². The fourth-order valence-corrected chi connectivity index (χ4v) is 11.7. The van der Waals surface area contributed by atoms with Crippen molar-refractivity contribution in [2.45, 2.75) is 13.3 Å². The minimum atomic E-state index is 0.485. The zero-order valence-electron chi connectivity index (χ0n) is 42.8. The molecule has 0 amide bonds. The van der Waals surface area contributed by atoms with E-state index in [1.54, 1.807) is 0 Å². The number of para-hydroxylation sites is 3. The van der Waals surface area contributed by atoms with Crippen LogP contribution in [0.5, 0.6) is 0 Å². The van der Waals surface area contributed by atoms with Crippen LogP contribution in [0.15, 0.2) is 291 Å². The number of nitrogens with zero attached hydrogens (tertiary/aromatic N) is 4. The standard InChI is InChI=1S/C73H54N4/c1-51-18-15-27-61(46-51)77-71-33-14-12-31-67(71)69-50-65(43-45-73(69)77)75(63-29-17-24-57(48-63)53-21-7-3-8-22-53)60-40-36-55(37-41-60)54-34-38-59(39-35-54)74(62-28-16-23-56(47-62)52-19-5-2-6-20-52)64-42-44-72-68(49-64)66-30-11-13-32-70(66)76(72)58-25-9-4-10-26-58/h2-17,19-51H,18H2,1H3. The molecule has 0 radical (unpaired) electrons. The van der Waals surface area contributed by atoms with Gasteiger partial charge in [-0.3, -0.25) is 0 Å². The molecule has 13 aromatic rings. The van der Waals surface area contributed by atoms with Crippen molar-refractivity contribution in [2.75, 3.05) is 9.80 Å². The summed E-state index contributed by atoms with van der Waals surface area (Å²) in [5.74, 6) is 0.485. The Labute approximate surface area is 449 Å². The summed E-state index contributed by atoms with van der Waals surface area (Å²) in [7, 11) is 0. The van der Waals surface area contributed by atoms with Gasteiger partial charge in [0.2, 0.25) is 0 Å². The summed E-state index contributed by atoms with van der Waals surface area (Å²) in [4.78, 5) is 4.80. The third-order valence-electron chi connectivity index (χ3n) is 15.4. The molecule has 1 unspecified atom stereocenters. The lowest BCUT2D eigenvalue weighted by Crippen LogP contribution is -2.10. The Morgan fingerprint density at radius 2 is 0.701 bits per heavy atom. The highest BCUT2D eigenvalue weighted by atomic mass is 15.1. The molecule has 0 bridgehead atoms. The minimum absolute atomic E-state index is 0.485. The molecule has 0 saturated carbocycles. The first kappa shape index (κ1) is 45.7. The van der Waals surface area contributed by atoms with E-state index in [4.69, 9.17) is 0 Å². The smallest absolute Gasteiger partial charge is 0.0542 e. The van der Waals surface area contributed by atoms with Crippen molar-refractivity contribution in [3.05, 3.63) is 291 Å². The average molecular weight is 987 g/mol. The van der Waals surface area contributed by atoms with Crippen LogP contribution in [0.4, 0.5) is 34.1 Å². The third kappa shape index (κ3) is 8.37. The molecule has 77 heavy (non-hydrogen) atoms. The van der Waals surface area contributed by atoms with E-state index in [9.17, 15) is 0 Å². The SMILES string of the molecule is CC1C=C(n2c3ccccc3c3cc(N(c4ccc(-c5ccc(N(c6cccc(-c7ccccc7)c6)c6ccc7c(c6)c6ccccc6n7-c6ccccc6)cc5)cc4)c4cccc(-c5ccccc5)c4)ccc32)C=CC1. The van der Waals surface area contributed by atoms with Crippen molar-refractivity contribution in [1.29, 1.82) is 0 Å². The van der Waals surface area contributed by atoms with E-state index in [1.165, 1.54) is 71.6 Å². The Morgan fingerprint density at radius 1 is 0.312 bits per heavy atom. The molecule has 2 aromatic heterocycles. The van der Waals surface area contributed by atoms with E-state index in [0.717, 1.165) is 57.4 Å². The Balaban J connectivity index is 0.856. The Hall–Kier alpha value is -9.90. The number of benzene rings is 11. The van der Waals surface area contributed by atoms with Crippen LogP contribution in [0.25, 0.3) is 88.4 Å². The highest BCUT2D eigenvalue weighted by Crippen LogP contribution is 2.44. The van der Waals surface area contributed by atoms with Crippen LogP contribution < -0.4 is 9.80 Å². The van der Waals surface area contributed by atoms with Gasteiger partial charge in [0.25, 0.3) is 0 Å². The Bertz CT molecular complexity index is 4360. The molecule has 4 nitrogen and oxygen atoms in total. The van der Waals surface area contributed by atoms with Crippen LogP contribution in [0, 0.1) is 5.92 Å². The Kier molecular flexibility index (Phi) is 11.5. The second-order valence-corrected chi connectivity index (χ2v) is 20.2. The van der Waals surface area contributed by atoms with Crippen molar-refractivity contribution in [3.63, 3.8) is 0 Å². The summed E-state index contributed by atoms with van der Waals surface area (Å²) in [6.07, 6.45) is 8.06. The number of hydrogen-bond donors (Lipinski definition) is 0. The maximum absolute atomic E-state index is 2.44. The molecule has 2 heterocycles. The van der Waals surface area contributed by atoms with E-state index in [1.807, 2.05) is 0 Å². The van der Waals surface area contributed by atoms with Gasteiger partial charge >= 0.3 is 0 Å². The normalized spacial score (nSPS) is 13.4. The van der Waals surface area contributed by atoms with Crippen molar-refractivity contribution in [1.82, 2.24) is 9.13 Å². The molecule has 1 aliphatic carbocycles. The molecule has 4 heteroatoms. The number of aromatic nitrogens is 2. The molecule has 0 saturated heterocycles. The van der Waals surface area contributed by atoms with Gasteiger partial charge in [0.15, 0.2) is 0 Å². The van der Waals surface area contributed by atoms with Crippen LogP contribution in [0.3, 0.4) is 0 Å². The monoisotopic (exact) mass is 986 g/mol. The maximum atomic E-state index is 2.44. The molecule has 0 spiro atoms. The van der Waals surface area contributed by atoms with Crippen molar-refractivity contribution in [2.24, 2.45) is 5.92 Å². The van der Waals surface area contributed by atoms with E-state index in [2.05, 4.69) is 317 Å². The molecule has 0 N–H and O–H groups in total. The summed E-state index contributed by atoms with van der Waals surface area (Å²) in [5.41, 5.74) is 20.7. The second kappa shape index (κ2) is 19.4. The molecule has 1 aliphatic rings. The molecule has 14 rings (SSSR count). The fraction of sp³-hybridized carbons (Fsp3) is 0.0411. The highest BCUT2D eigenvalue weighted by Gasteiger charge is 2.21. The largest absolute Gasteiger partial charge is 0.310 e. The van der Waals surface area contributed by atoms with Crippen molar-refractivity contribution < 1.29 is 0 Å². The number of hydrogen-bond acceptors (Lipinski definition) is 2. The molecule has 0 aliphatic heterocycles. The van der Waals surface area contributed by atoms with Crippen LogP contribution in [-0.2, 0) is 0 Å². The van der Waals surface area contributed by atoms with Crippen molar-refractivity contribution in [3.8, 4) is 39.1 Å². The molecule has 0 fully saturated rings. The van der Waals surface area contributed by atoms with Gasteiger partial charge in [0.05, 0.1) is 22.1 Å². The van der Waals surface area contributed by atoms with Crippen LogP contribution in [-0.4, -0.2) is 9.13 Å².